The molecule has 0 spiro atoms. The molecule has 1 atom stereocenters. The third-order valence-electron chi connectivity index (χ3n) is 2.51. The molecule has 4 heteroatoms. The van der Waals surface area contributed by atoms with Crippen LogP contribution >= 0.6 is 23.2 Å². The SMILES string of the molecule is CC(CCN)C(=O)Cc1ccc(Cl)c(Cl)c1. The number of halogens is 2. The van der Waals surface area contributed by atoms with Gasteiger partial charge in [0, 0.05) is 12.3 Å². The van der Waals surface area contributed by atoms with Gasteiger partial charge in [0.2, 0.25) is 0 Å². The summed E-state index contributed by atoms with van der Waals surface area (Å²) < 4.78 is 0. The maximum atomic E-state index is 11.8. The standard InChI is InChI=1S/C12H15Cl2NO/c1-8(4-5-15)12(16)7-9-2-3-10(13)11(14)6-9/h2-3,6,8H,4-5,7,15H2,1H3. The third kappa shape index (κ3) is 3.78. The van der Waals surface area contributed by atoms with E-state index in [9.17, 15) is 4.79 Å². The van der Waals surface area contributed by atoms with Crippen molar-refractivity contribution in [3.63, 3.8) is 0 Å². The normalized spacial score (nSPS) is 12.5. The first kappa shape index (κ1) is 13.5. The largest absolute Gasteiger partial charge is 0.330 e. The van der Waals surface area contributed by atoms with Gasteiger partial charge in [-0.2, -0.15) is 0 Å². The van der Waals surface area contributed by atoms with Crippen molar-refractivity contribution in [2.45, 2.75) is 19.8 Å². The first-order chi connectivity index (χ1) is 7.54. The molecule has 0 saturated heterocycles. The van der Waals surface area contributed by atoms with Gasteiger partial charge in [-0.3, -0.25) is 4.79 Å². The molecule has 1 rings (SSSR count). The molecule has 0 aromatic heterocycles. The zero-order valence-corrected chi connectivity index (χ0v) is 10.7. The zero-order chi connectivity index (χ0) is 12.1. The Morgan fingerprint density at radius 3 is 2.62 bits per heavy atom. The van der Waals surface area contributed by atoms with Crippen molar-refractivity contribution in [1.29, 1.82) is 0 Å². The number of rotatable bonds is 5. The number of hydrogen-bond donors (Lipinski definition) is 1. The molecule has 1 unspecified atom stereocenters. The molecule has 0 radical (unpaired) electrons. The van der Waals surface area contributed by atoms with Gasteiger partial charge in [0.25, 0.3) is 0 Å². The van der Waals surface area contributed by atoms with E-state index in [0.29, 0.717) is 23.0 Å². The van der Waals surface area contributed by atoms with Crippen molar-refractivity contribution in [1.82, 2.24) is 0 Å². The number of benzene rings is 1. The van der Waals surface area contributed by atoms with Gasteiger partial charge in [0.05, 0.1) is 10.0 Å². The van der Waals surface area contributed by atoms with E-state index >= 15 is 0 Å². The fourth-order valence-electron chi connectivity index (χ4n) is 1.44. The minimum absolute atomic E-state index is 0.000506. The molecular weight excluding hydrogens is 245 g/mol. The molecule has 2 N–H and O–H groups in total. The summed E-state index contributed by atoms with van der Waals surface area (Å²) in [6, 6.07) is 5.26. The Morgan fingerprint density at radius 2 is 2.06 bits per heavy atom. The first-order valence-electron chi connectivity index (χ1n) is 5.21. The Morgan fingerprint density at radius 1 is 1.38 bits per heavy atom. The number of nitrogens with two attached hydrogens (primary N) is 1. The molecule has 16 heavy (non-hydrogen) atoms. The number of carbonyl (C=O) groups is 1. The summed E-state index contributed by atoms with van der Waals surface area (Å²) >= 11 is 11.7. The Bertz CT molecular complexity index is 379. The van der Waals surface area contributed by atoms with Crippen LogP contribution in [0.2, 0.25) is 10.0 Å². The van der Waals surface area contributed by atoms with Crippen molar-refractivity contribution in [3.05, 3.63) is 33.8 Å². The monoisotopic (exact) mass is 259 g/mol. The van der Waals surface area contributed by atoms with Crippen LogP contribution in [0.15, 0.2) is 18.2 Å². The van der Waals surface area contributed by atoms with Crippen LogP contribution in [0, 0.1) is 5.92 Å². The number of carbonyl (C=O) groups excluding carboxylic acids is 1. The van der Waals surface area contributed by atoms with Gasteiger partial charge in [0.1, 0.15) is 5.78 Å². The average Bonchev–Trinajstić information content (AvgIpc) is 2.24. The molecule has 0 bridgehead atoms. The first-order valence-corrected chi connectivity index (χ1v) is 5.97. The van der Waals surface area contributed by atoms with Gasteiger partial charge in [-0.15, -0.1) is 0 Å². The van der Waals surface area contributed by atoms with Crippen molar-refractivity contribution in [2.24, 2.45) is 11.7 Å². The molecular formula is C12H15Cl2NO. The Kier molecular flexibility index (Phi) is 5.26. The van der Waals surface area contributed by atoms with E-state index in [1.165, 1.54) is 0 Å². The predicted molar refractivity (Wildman–Crippen MR) is 68.0 cm³/mol. The average molecular weight is 260 g/mol. The van der Waals surface area contributed by atoms with E-state index in [0.717, 1.165) is 12.0 Å². The highest BCUT2D eigenvalue weighted by Gasteiger charge is 2.13. The van der Waals surface area contributed by atoms with Crippen molar-refractivity contribution in [3.8, 4) is 0 Å². The summed E-state index contributed by atoms with van der Waals surface area (Å²) in [6.45, 7) is 2.43. The van der Waals surface area contributed by atoms with Crippen molar-refractivity contribution in [2.75, 3.05) is 6.54 Å². The molecule has 0 amide bonds. The lowest BCUT2D eigenvalue weighted by molar-refractivity contribution is -0.121. The van der Waals surface area contributed by atoms with Crippen molar-refractivity contribution >= 4 is 29.0 Å². The summed E-state index contributed by atoms with van der Waals surface area (Å²) in [7, 11) is 0. The van der Waals surface area contributed by atoms with Crippen LogP contribution in [-0.2, 0) is 11.2 Å². The number of Topliss-reactive ketones (excluding diaryl/α,β-unsaturated/α-hetero) is 1. The minimum atomic E-state index is -0.000506. The molecule has 1 aromatic carbocycles. The fraction of sp³-hybridized carbons (Fsp3) is 0.417. The highest BCUT2D eigenvalue weighted by atomic mass is 35.5. The van der Waals surface area contributed by atoms with Gasteiger partial charge in [-0.1, -0.05) is 36.2 Å². The second-order valence-corrected chi connectivity index (χ2v) is 4.68. The van der Waals surface area contributed by atoms with E-state index in [4.69, 9.17) is 28.9 Å². The molecule has 0 aliphatic carbocycles. The second kappa shape index (κ2) is 6.24. The minimum Gasteiger partial charge on any atom is -0.330 e. The van der Waals surface area contributed by atoms with Crippen LogP contribution in [0.5, 0.6) is 0 Å². The maximum Gasteiger partial charge on any atom is 0.140 e. The maximum absolute atomic E-state index is 11.8. The quantitative estimate of drug-likeness (QED) is 0.884. The van der Waals surface area contributed by atoms with Crippen molar-refractivity contribution < 1.29 is 4.79 Å². The Hall–Kier alpha value is -0.570. The Balaban J connectivity index is 2.66. The molecule has 1 aromatic rings. The van der Waals surface area contributed by atoms with E-state index in [1.54, 1.807) is 12.1 Å². The van der Waals surface area contributed by atoms with Gasteiger partial charge < -0.3 is 5.73 Å². The molecule has 88 valence electrons. The fourth-order valence-corrected chi connectivity index (χ4v) is 1.76. The molecule has 0 aliphatic heterocycles. The van der Waals surface area contributed by atoms with Gasteiger partial charge >= 0.3 is 0 Å². The van der Waals surface area contributed by atoms with Crippen LogP contribution in [0.1, 0.15) is 18.9 Å². The molecule has 0 fully saturated rings. The van der Waals surface area contributed by atoms with E-state index in [-0.39, 0.29) is 11.7 Å². The molecule has 0 saturated carbocycles. The molecule has 0 heterocycles. The Labute approximate surface area is 106 Å². The topological polar surface area (TPSA) is 43.1 Å². The number of ketones is 1. The molecule has 2 nitrogen and oxygen atoms in total. The number of hydrogen-bond acceptors (Lipinski definition) is 2. The van der Waals surface area contributed by atoms with E-state index in [1.807, 2.05) is 13.0 Å². The lowest BCUT2D eigenvalue weighted by atomic mass is 9.97. The van der Waals surface area contributed by atoms with Crippen LogP contribution < -0.4 is 5.73 Å². The van der Waals surface area contributed by atoms with Crippen LogP contribution in [-0.4, -0.2) is 12.3 Å². The lowest BCUT2D eigenvalue weighted by Crippen LogP contribution is -2.17. The van der Waals surface area contributed by atoms with Gasteiger partial charge in [0.15, 0.2) is 0 Å². The highest BCUT2D eigenvalue weighted by molar-refractivity contribution is 6.42. The summed E-state index contributed by atoms with van der Waals surface area (Å²) in [5.74, 6) is 0.184. The van der Waals surface area contributed by atoms with Crippen LogP contribution in [0.25, 0.3) is 0 Å². The van der Waals surface area contributed by atoms with Gasteiger partial charge in [-0.05, 0) is 30.7 Å². The second-order valence-electron chi connectivity index (χ2n) is 3.87. The lowest BCUT2D eigenvalue weighted by Gasteiger charge is -2.09. The zero-order valence-electron chi connectivity index (χ0n) is 9.17. The third-order valence-corrected chi connectivity index (χ3v) is 3.25. The van der Waals surface area contributed by atoms with Crippen LogP contribution in [0.3, 0.4) is 0 Å². The predicted octanol–water partition coefficient (Wildman–Crippen LogP) is 3.09. The van der Waals surface area contributed by atoms with Crippen LogP contribution in [0.4, 0.5) is 0 Å². The summed E-state index contributed by atoms with van der Waals surface area (Å²) in [6.07, 6.45) is 1.11. The summed E-state index contributed by atoms with van der Waals surface area (Å²) in [5, 5.41) is 0.992. The summed E-state index contributed by atoms with van der Waals surface area (Å²) in [5.41, 5.74) is 6.31. The van der Waals surface area contributed by atoms with E-state index < -0.39 is 0 Å². The van der Waals surface area contributed by atoms with Gasteiger partial charge in [-0.25, -0.2) is 0 Å². The molecule has 0 aliphatic rings. The highest BCUT2D eigenvalue weighted by Crippen LogP contribution is 2.23. The van der Waals surface area contributed by atoms with E-state index in [2.05, 4.69) is 0 Å². The summed E-state index contributed by atoms with van der Waals surface area (Å²) in [4.78, 5) is 11.8. The smallest absolute Gasteiger partial charge is 0.140 e.